The number of aromatic nitrogens is 1. The van der Waals surface area contributed by atoms with Gasteiger partial charge in [0.1, 0.15) is 24.5 Å². The molecule has 1 saturated heterocycles. The summed E-state index contributed by atoms with van der Waals surface area (Å²) >= 11 is 0. The second-order valence-electron chi connectivity index (χ2n) is 11.7. The summed E-state index contributed by atoms with van der Waals surface area (Å²) in [6, 6.07) is 17.0. The zero-order valence-electron chi connectivity index (χ0n) is 24.8. The highest BCUT2D eigenvalue weighted by molar-refractivity contribution is 5.97. The molecule has 3 aromatic rings. The summed E-state index contributed by atoms with van der Waals surface area (Å²) < 4.78 is 22.7. The van der Waals surface area contributed by atoms with Gasteiger partial charge >= 0.3 is 6.09 Å². The molecule has 1 fully saturated rings. The first-order chi connectivity index (χ1) is 20.2. The van der Waals surface area contributed by atoms with Crippen LogP contribution in [0.1, 0.15) is 56.8 Å². The third kappa shape index (κ3) is 7.13. The van der Waals surface area contributed by atoms with Gasteiger partial charge in [0.15, 0.2) is 17.3 Å². The molecule has 2 aromatic carbocycles. The summed E-state index contributed by atoms with van der Waals surface area (Å²) in [5, 5.41) is 3.35. The lowest BCUT2D eigenvalue weighted by Crippen LogP contribution is -2.41. The summed E-state index contributed by atoms with van der Waals surface area (Å²) in [5.41, 5.74) is 3.16. The molecule has 42 heavy (non-hydrogen) atoms. The highest BCUT2D eigenvalue weighted by Crippen LogP contribution is 2.40. The van der Waals surface area contributed by atoms with Crippen LogP contribution in [0.25, 0.3) is 11.3 Å². The Balaban J connectivity index is 1.19. The minimum atomic E-state index is -0.498. The molecular weight excluding hydrogens is 534 g/mol. The number of ketones is 1. The molecule has 0 spiro atoms. The number of nitrogens with one attached hydrogen (secondary N) is 1. The van der Waals surface area contributed by atoms with Gasteiger partial charge in [0.2, 0.25) is 5.88 Å². The minimum Gasteiger partial charge on any atom is -0.486 e. The van der Waals surface area contributed by atoms with Crippen LogP contribution < -0.4 is 19.5 Å². The van der Waals surface area contributed by atoms with Gasteiger partial charge in [-0.05, 0) is 82.3 Å². The van der Waals surface area contributed by atoms with E-state index in [-0.39, 0.29) is 11.9 Å². The molecule has 1 N–H and O–H groups in total. The number of Topliss-reactive ketones (excluding diaryl/α,β-unsaturated/α-hetero) is 1. The molecule has 1 amide bonds. The van der Waals surface area contributed by atoms with E-state index in [2.05, 4.69) is 5.32 Å². The lowest BCUT2D eigenvalue weighted by molar-refractivity contribution is 0.0180. The molecule has 3 heterocycles. The Kier molecular flexibility index (Phi) is 8.85. The van der Waals surface area contributed by atoms with Crippen LogP contribution in [0.4, 0.5) is 16.2 Å². The zero-order valence-corrected chi connectivity index (χ0v) is 24.8. The lowest BCUT2D eigenvalue weighted by Gasteiger charge is -2.33. The fraction of sp³-hybridized carbons (Fsp3) is 0.424. The molecule has 0 aliphatic carbocycles. The van der Waals surface area contributed by atoms with Crippen molar-refractivity contribution in [3.05, 3.63) is 60.2 Å². The van der Waals surface area contributed by atoms with E-state index in [1.54, 1.807) is 12.0 Å². The molecule has 9 nitrogen and oxygen atoms in total. The molecule has 1 aromatic heterocycles. The molecule has 0 bridgehead atoms. The van der Waals surface area contributed by atoms with Gasteiger partial charge in [-0.2, -0.15) is 0 Å². The quantitative estimate of drug-likeness (QED) is 0.291. The van der Waals surface area contributed by atoms with Crippen molar-refractivity contribution in [2.24, 2.45) is 5.92 Å². The van der Waals surface area contributed by atoms with E-state index in [0.29, 0.717) is 73.0 Å². The molecule has 0 radical (unpaired) electrons. The number of hydrogen-bond donors (Lipinski definition) is 1. The largest absolute Gasteiger partial charge is 0.486 e. The maximum Gasteiger partial charge on any atom is 0.410 e. The third-order valence-corrected chi connectivity index (χ3v) is 7.41. The van der Waals surface area contributed by atoms with Crippen LogP contribution >= 0.6 is 0 Å². The van der Waals surface area contributed by atoms with Crippen LogP contribution in [-0.2, 0) is 4.74 Å². The Hall–Kier alpha value is -4.27. The van der Waals surface area contributed by atoms with Gasteiger partial charge in [-0.1, -0.05) is 18.2 Å². The number of likely N-dealkylation sites (tertiary alicyclic amines) is 1. The Bertz CT molecular complexity index is 1430. The van der Waals surface area contributed by atoms with E-state index in [9.17, 15) is 9.59 Å². The van der Waals surface area contributed by atoms with Crippen LogP contribution in [0.5, 0.6) is 17.4 Å². The predicted octanol–water partition coefficient (Wildman–Crippen LogP) is 6.88. The molecular formula is C33H39N3O6. The maximum absolute atomic E-state index is 13.1. The SMILES string of the molecule is COc1nc(-c2cccc3c2OCCO3)ccc1Nc1cccc(C(=O)CCC2CCN(C(=O)OC(C)(C)C)CC2)c1. The number of ether oxygens (including phenoxy) is 4. The molecule has 0 saturated carbocycles. The Morgan fingerprint density at radius 2 is 1.79 bits per heavy atom. The number of hydrogen-bond acceptors (Lipinski definition) is 8. The van der Waals surface area contributed by atoms with Crippen molar-refractivity contribution in [2.75, 3.05) is 38.7 Å². The molecule has 0 unspecified atom stereocenters. The number of anilines is 2. The Labute approximate surface area is 247 Å². The summed E-state index contributed by atoms with van der Waals surface area (Å²) in [7, 11) is 1.58. The van der Waals surface area contributed by atoms with E-state index in [1.165, 1.54) is 0 Å². The second-order valence-corrected chi connectivity index (χ2v) is 11.7. The summed E-state index contributed by atoms with van der Waals surface area (Å²) in [5.74, 6) is 2.32. The summed E-state index contributed by atoms with van der Waals surface area (Å²) in [6.45, 7) is 7.96. The normalized spacial score (nSPS) is 15.2. The first kappa shape index (κ1) is 29.2. The lowest BCUT2D eigenvalue weighted by atomic mass is 9.90. The van der Waals surface area contributed by atoms with Crippen LogP contribution in [0, 0.1) is 5.92 Å². The number of benzene rings is 2. The van der Waals surface area contributed by atoms with Gasteiger partial charge in [0.05, 0.1) is 12.8 Å². The smallest absolute Gasteiger partial charge is 0.410 e. The van der Waals surface area contributed by atoms with Crippen LogP contribution in [0.15, 0.2) is 54.6 Å². The van der Waals surface area contributed by atoms with Crippen molar-refractivity contribution in [3.8, 4) is 28.6 Å². The van der Waals surface area contributed by atoms with E-state index < -0.39 is 5.60 Å². The summed E-state index contributed by atoms with van der Waals surface area (Å²) in [6.07, 6.45) is 2.76. The molecule has 0 atom stereocenters. The molecule has 5 rings (SSSR count). The monoisotopic (exact) mass is 573 g/mol. The van der Waals surface area contributed by atoms with E-state index >= 15 is 0 Å². The number of carbonyl (C=O) groups is 2. The topological polar surface area (TPSA) is 99.2 Å². The number of carbonyl (C=O) groups excluding carboxylic acids is 2. The first-order valence-electron chi connectivity index (χ1n) is 14.5. The molecule has 222 valence electrons. The van der Waals surface area contributed by atoms with Crippen molar-refractivity contribution >= 4 is 23.3 Å². The van der Waals surface area contributed by atoms with Crippen LogP contribution in [0.3, 0.4) is 0 Å². The van der Waals surface area contributed by atoms with Gasteiger partial charge < -0.3 is 29.2 Å². The number of nitrogens with zero attached hydrogens (tertiary/aromatic N) is 2. The van der Waals surface area contributed by atoms with Crippen molar-refractivity contribution in [2.45, 2.75) is 52.1 Å². The number of rotatable bonds is 8. The predicted molar refractivity (Wildman–Crippen MR) is 161 cm³/mol. The number of methoxy groups -OCH3 is 1. The number of piperidine rings is 1. The number of fused-ring (bicyclic) bond motifs is 1. The van der Waals surface area contributed by atoms with E-state index in [1.807, 2.05) is 75.4 Å². The average molecular weight is 574 g/mol. The van der Waals surface area contributed by atoms with Crippen LogP contribution in [-0.4, -0.2) is 60.8 Å². The zero-order chi connectivity index (χ0) is 29.7. The highest BCUT2D eigenvalue weighted by Gasteiger charge is 2.27. The number of amides is 1. The van der Waals surface area contributed by atoms with Crippen molar-refractivity contribution in [3.63, 3.8) is 0 Å². The third-order valence-electron chi connectivity index (χ3n) is 7.41. The fourth-order valence-corrected chi connectivity index (χ4v) is 5.25. The first-order valence-corrected chi connectivity index (χ1v) is 14.5. The van der Waals surface area contributed by atoms with Gasteiger partial charge in [-0.25, -0.2) is 9.78 Å². The minimum absolute atomic E-state index is 0.102. The van der Waals surface area contributed by atoms with E-state index in [0.717, 1.165) is 30.5 Å². The Morgan fingerprint density at radius 1 is 1.02 bits per heavy atom. The Morgan fingerprint density at radius 3 is 2.55 bits per heavy atom. The average Bonchev–Trinajstić information content (AvgIpc) is 2.99. The van der Waals surface area contributed by atoms with Gasteiger partial charge in [0.25, 0.3) is 0 Å². The fourth-order valence-electron chi connectivity index (χ4n) is 5.25. The van der Waals surface area contributed by atoms with Crippen molar-refractivity contribution in [1.82, 2.24) is 9.88 Å². The number of pyridine rings is 1. The number of para-hydroxylation sites is 1. The van der Waals surface area contributed by atoms with E-state index in [4.69, 9.17) is 23.9 Å². The standard InChI is InChI=1S/C33H39N3O6/c1-33(2,3)42-32(38)36-17-15-22(16-18-36)11-14-28(37)23-7-5-8-24(21-23)34-27-13-12-26(35-31(27)39-4)25-9-6-10-29-30(25)41-20-19-40-29/h5-10,12-13,21-22,34H,11,14-20H2,1-4H3. The maximum atomic E-state index is 13.1. The van der Waals surface area contributed by atoms with Gasteiger partial charge in [-0.15, -0.1) is 0 Å². The summed E-state index contributed by atoms with van der Waals surface area (Å²) in [4.78, 5) is 31.9. The molecule has 9 heteroatoms. The van der Waals surface area contributed by atoms with Gasteiger partial charge in [-0.3, -0.25) is 4.79 Å². The van der Waals surface area contributed by atoms with Crippen molar-refractivity contribution in [1.29, 1.82) is 0 Å². The molecule has 2 aliphatic heterocycles. The second kappa shape index (κ2) is 12.7. The van der Waals surface area contributed by atoms with Crippen LogP contribution in [0.2, 0.25) is 0 Å². The highest BCUT2D eigenvalue weighted by atomic mass is 16.6. The van der Waals surface area contributed by atoms with Crippen molar-refractivity contribution < 1.29 is 28.5 Å². The molecule has 2 aliphatic rings. The van der Waals surface area contributed by atoms with Gasteiger partial charge in [0, 0.05) is 36.3 Å².